The van der Waals surface area contributed by atoms with Crippen LogP contribution in [0.3, 0.4) is 0 Å². The van der Waals surface area contributed by atoms with Gasteiger partial charge in [0.05, 0.1) is 0 Å². The van der Waals surface area contributed by atoms with Gasteiger partial charge in [0.2, 0.25) is 11.8 Å². The number of carbonyl (C=O) groups is 2. The van der Waals surface area contributed by atoms with E-state index < -0.39 is 0 Å². The molecule has 3 N–H and O–H groups in total. The molecule has 0 aliphatic carbocycles. The molecule has 98 valence electrons. The Labute approximate surface area is 103 Å². The molecule has 0 aromatic heterocycles. The van der Waals surface area contributed by atoms with E-state index in [0.717, 1.165) is 25.9 Å². The Morgan fingerprint density at radius 3 is 2.47 bits per heavy atom. The van der Waals surface area contributed by atoms with Crippen LogP contribution in [0.5, 0.6) is 0 Å². The Morgan fingerprint density at radius 1 is 1.41 bits per heavy atom. The molecule has 1 fully saturated rings. The minimum Gasteiger partial charge on any atom is -0.353 e. The highest BCUT2D eigenvalue weighted by molar-refractivity contribution is 5.77. The Balaban J connectivity index is 2.30. The zero-order valence-corrected chi connectivity index (χ0v) is 10.7. The normalized spacial score (nSPS) is 18.9. The first-order valence-electron chi connectivity index (χ1n) is 6.35. The number of amides is 2. The van der Waals surface area contributed by atoms with Crippen LogP contribution in [0.25, 0.3) is 0 Å². The van der Waals surface area contributed by atoms with Crippen LogP contribution in [-0.4, -0.2) is 41.9 Å². The first-order valence-corrected chi connectivity index (χ1v) is 6.35. The van der Waals surface area contributed by atoms with Gasteiger partial charge in [-0.05, 0) is 19.8 Å². The summed E-state index contributed by atoms with van der Waals surface area (Å²) < 4.78 is 0. The van der Waals surface area contributed by atoms with Gasteiger partial charge in [-0.15, -0.1) is 0 Å². The molecule has 0 bridgehead atoms. The molecule has 0 aromatic rings. The molecule has 1 atom stereocenters. The topological polar surface area (TPSA) is 75.4 Å². The van der Waals surface area contributed by atoms with Crippen molar-refractivity contribution in [2.24, 2.45) is 5.73 Å². The van der Waals surface area contributed by atoms with Crippen molar-refractivity contribution >= 4 is 11.8 Å². The van der Waals surface area contributed by atoms with E-state index in [0.29, 0.717) is 12.8 Å². The third kappa shape index (κ3) is 4.73. The second-order valence-corrected chi connectivity index (χ2v) is 4.76. The highest BCUT2D eigenvalue weighted by Crippen LogP contribution is 2.12. The minimum absolute atomic E-state index is 0.0833. The highest BCUT2D eigenvalue weighted by Gasteiger charge is 2.23. The molecular weight excluding hydrogens is 218 g/mol. The molecular formula is C12H23N3O2. The smallest absolute Gasteiger partial charge is 0.224 e. The van der Waals surface area contributed by atoms with Crippen LogP contribution >= 0.6 is 0 Å². The van der Waals surface area contributed by atoms with E-state index in [9.17, 15) is 9.59 Å². The van der Waals surface area contributed by atoms with Gasteiger partial charge in [-0.3, -0.25) is 9.59 Å². The summed E-state index contributed by atoms with van der Waals surface area (Å²) in [6.07, 6.45) is 2.61. The zero-order chi connectivity index (χ0) is 12.8. The molecule has 0 aromatic carbocycles. The van der Waals surface area contributed by atoms with Crippen molar-refractivity contribution in [3.8, 4) is 0 Å². The second kappa shape index (κ2) is 6.59. The average molecular weight is 241 g/mol. The van der Waals surface area contributed by atoms with Gasteiger partial charge in [0.15, 0.2) is 0 Å². The fourth-order valence-corrected chi connectivity index (χ4v) is 2.01. The van der Waals surface area contributed by atoms with Crippen molar-refractivity contribution in [3.05, 3.63) is 0 Å². The van der Waals surface area contributed by atoms with Gasteiger partial charge < -0.3 is 16.0 Å². The number of nitrogens with zero attached hydrogens (tertiary/aromatic N) is 1. The number of nitrogens with two attached hydrogens (primary N) is 1. The number of nitrogens with one attached hydrogen (secondary N) is 1. The van der Waals surface area contributed by atoms with Gasteiger partial charge in [0, 0.05) is 38.0 Å². The monoisotopic (exact) mass is 241 g/mol. The molecule has 1 rings (SSSR count). The Morgan fingerprint density at radius 2 is 2.00 bits per heavy atom. The number of hydrogen-bond donors (Lipinski definition) is 2. The van der Waals surface area contributed by atoms with Crippen LogP contribution in [-0.2, 0) is 9.59 Å². The Bertz CT molecular complexity index is 271. The number of likely N-dealkylation sites (tertiary alicyclic amines) is 1. The van der Waals surface area contributed by atoms with Gasteiger partial charge in [-0.2, -0.15) is 0 Å². The first kappa shape index (κ1) is 14.0. The van der Waals surface area contributed by atoms with Crippen molar-refractivity contribution in [2.45, 2.75) is 51.6 Å². The summed E-state index contributed by atoms with van der Waals surface area (Å²) in [4.78, 5) is 24.8. The first-order chi connectivity index (χ1) is 8.02. The maximum Gasteiger partial charge on any atom is 0.224 e. The molecule has 1 heterocycles. The Kier molecular flexibility index (Phi) is 5.41. The van der Waals surface area contributed by atoms with E-state index in [1.165, 1.54) is 0 Å². The molecule has 17 heavy (non-hydrogen) atoms. The SMILES string of the molecule is CCC(=O)NC1CCN(C(=O)CC(C)N)CC1. The molecule has 1 saturated heterocycles. The fraction of sp³-hybridized carbons (Fsp3) is 0.833. The summed E-state index contributed by atoms with van der Waals surface area (Å²) in [6, 6.07) is 0.141. The van der Waals surface area contributed by atoms with Crippen molar-refractivity contribution in [1.29, 1.82) is 0 Å². The van der Waals surface area contributed by atoms with Crippen LogP contribution < -0.4 is 11.1 Å². The lowest BCUT2D eigenvalue weighted by Gasteiger charge is -2.32. The van der Waals surface area contributed by atoms with Crippen LogP contribution in [0, 0.1) is 0 Å². The van der Waals surface area contributed by atoms with Crippen LogP contribution in [0.2, 0.25) is 0 Å². The lowest BCUT2D eigenvalue weighted by Crippen LogP contribution is -2.47. The summed E-state index contributed by atoms with van der Waals surface area (Å²) >= 11 is 0. The van der Waals surface area contributed by atoms with Crippen LogP contribution in [0.1, 0.15) is 39.5 Å². The molecule has 5 heteroatoms. The summed E-state index contributed by atoms with van der Waals surface area (Å²) in [7, 11) is 0. The third-order valence-electron chi connectivity index (χ3n) is 3.03. The third-order valence-corrected chi connectivity index (χ3v) is 3.03. The highest BCUT2D eigenvalue weighted by atomic mass is 16.2. The average Bonchev–Trinajstić information content (AvgIpc) is 2.28. The fourth-order valence-electron chi connectivity index (χ4n) is 2.01. The minimum atomic E-state index is -0.0833. The van der Waals surface area contributed by atoms with E-state index >= 15 is 0 Å². The molecule has 1 unspecified atom stereocenters. The van der Waals surface area contributed by atoms with Gasteiger partial charge in [0.25, 0.3) is 0 Å². The predicted octanol–water partition coefficient (Wildman–Crippen LogP) is 0.241. The van der Waals surface area contributed by atoms with Crippen molar-refractivity contribution < 1.29 is 9.59 Å². The van der Waals surface area contributed by atoms with Gasteiger partial charge in [-0.1, -0.05) is 6.92 Å². The number of piperidine rings is 1. The van der Waals surface area contributed by atoms with Crippen molar-refractivity contribution in [1.82, 2.24) is 10.2 Å². The van der Waals surface area contributed by atoms with Crippen LogP contribution in [0.15, 0.2) is 0 Å². The quantitative estimate of drug-likeness (QED) is 0.740. The van der Waals surface area contributed by atoms with Crippen molar-refractivity contribution in [3.63, 3.8) is 0 Å². The number of rotatable bonds is 4. The van der Waals surface area contributed by atoms with E-state index in [1.54, 1.807) is 0 Å². The van der Waals surface area contributed by atoms with Crippen LogP contribution in [0.4, 0.5) is 0 Å². The molecule has 0 radical (unpaired) electrons. The largest absolute Gasteiger partial charge is 0.353 e. The molecule has 1 aliphatic rings. The second-order valence-electron chi connectivity index (χ2n) is 4.76. The van der Waals surface area contributed by atoms with Gasteiger partial charge in [0.1, 0.15) is 0 Å². The molecule has 1 aliphatic heterocycles. The van der Waals surface area contributed by atoms with Gasteiger partial charge >= 0.3 is 0 Å². The summed E-state index contributed by atoms with van der Waals surface area (Å²) in [6.45, 7) is 5.13. The summed E-state index contributed by atoms with van der Waals surface area (Å²) in [5, 5.41) is 2.97. The number of hydrogen-bond acceptors (Lipinski definition) is 3. The van der Waals surface area contributed by atoms with Gasteiger partial charge in [-0.25, -0.2) is 0 Å². The lowest BCUT2D eigenvalue weighted by atomic mass is 10.0. The molecule has 5 nitrogen and oxygen atoms in total. The van der Waals surface area contributed by atoms with E-state index in [-0.39, 0.29) is 23.9 Å². The molecule has 0 saturated carbocycles. The molecule has 2 amide bonds. The standard InChI is InChI=1S/C12H23N3O2/c1-3-11(16)14-10-4-6-15(7-5-10)12(17)8-9(2)13/h9-10H,3-8,13H2,1-2H3,(H,14,16). The van der Waals surface area contributed by atoms with E-state index in [2.05, 4.69) is 5.32 Å². The predicted molar refractivity (Wildman–Crippen MR) is 66.3 cm³/mol. The summed E-state index contributed by atoms with van der Waals surface area (Å²) in [5.41, 5.74) is 5.61. The zero-order valence-electron chi connectivity index (χ0n) is 10.7. The maximum atomic E-state index is 11.8. The maximum absolute atomic E-state index is 11.8. The number of carbonyl (C=O) groups excluding carboxylic acids is 2. The van der Waals surface area contributed by atoms with E-state index in [4.69, 9.17) is 5.73 Å². The lowest BCUT2D eigenvalue weighted by molar-refractivity contribution is -0.132. The Hall–Kier alpha value is -1.10. The summed E-state index contributed by atoms with van der Waals surface area (Å²) in [5.74, 6) is 0.214. The van der Waals surface area contributed by atoms with Crippen molar-refractivity contribution in [2.75, 3.05) is 13.1 Å². The molecule has 0 spiro atoms. The van der Waals surface area contributed by atoms with E-state index in [1.807, 2.05) is 18.7 Å².